The average molecular weight is 289 g/mol. The minimum Gasteiger partial charge on any atom is -0.373 e. The highest BCUT2D eigenvalue weighted by Crippen LogP contribution is 2.43. The molecule has 1 aliphatic carbocycles. The van der Waals surface area contributed by atoms with E-state index in [1.807, 2.05) is 0 Å². The Balaban J connectivity index is 2.26. The Kier molecular flexibility index (Phi) is 6.25. The molecule has 1 aromatic carbocycles. The molecule has 0 saturated heterocycles. The molecule has 1 unspecified atom stereocenters. The summed E-state index contributed by atoms with van der Waals surface area (Å²) < 4.78 is 6.30. The van der Waals surface area contributed by atoms with Gasteiger partial charge in [0.25, 0.3) is 0 Å². The smallest absolute Gasteiger partial charge is 0.0876 e. The maximum Gasteiger partial charge on any atom is 0.0876 e. The van der Waals surface area contributed by atoms with Gasteiger partial charge in [0.15, 0.2) is 0 Å². The zero-order chi connectivity index (χ0) is 15.1. The summed E-state index contributed by atoms with van der Waals surface area (Å²) in [5, 5.41) is 3.77. The molecule has 21 heavy (non-hydrogen) atoms. The Labute approximate surface area is 130 Å². The van der Waals surface area contributed by atoms with Gasteiger partial charge < -0.3 is 10.1 Å². The number of hydrogen-bond acceptors (Lipinski definition) is 2. The molecule has 0 aliphatic heterocycles. The molecule has 0 radical (unpaired) electrons. The minimum atomic E-state index is -0.00233. The maximum absolute atomic E-state index is 6.30. The molecule has 0 spiro atoms. The van der Waals surface area contributed by atoms with Crippen molar-refractivity contribution in [3.05, 3.63) is 35.4 Å². The molecule has 1 N–H and O–H groups in total. The van der Waals surface area contributed by atoms with Crippen LogP contribution in [0.5, 0.6) is 0 Å². The van der Waals surface area contributed by atoms with E-state index < -0.39 is 0 Å². The second-order valence-corrected chi connectivity index (χ2v) is 6.19. The molecule has 2 nitrogen and oxygen atoms in total. The number of rotatable bonds is 8. The largest absolute Gasteiger partial charge is 0.373 e. The van der Waals surface area contributed by atoms with Gasteiger partial charge in [-0.15, -0.1) is 0 Å². The Hall–Kier alpha value is -0.860. The van der Waals surface area contributed by atoms with Crippen LogP contribution in [0.4, 0.5) is 0 Å². The first kappa shape index (κ1) is 16.5. The zero-order valence-corrected chi connectivity index (χ0v) is 14.0. The summed E-state index contributed by atoms with van der Waals surface area (Å²) in [6.07, 6.45) is 7.19. The number of aryl methyl sites for hydroxylation is 1. The molecule has 0 heterocycles. The predicted octanol–water partition coefficient (Wildman–Crippen LogP) is 4.64. The van der Waals surface area contributed by atoms with E-state index in [1.54, 1.807) is 0 Å². The second-order valence-electron chi connectivity index (χ2n) is 6.19. The van der Waals surface area contributed by atoms with E-state index in [2.05, 4.69) is 50.4 Å². The van der Waals surface area contributed by atoms with Crippen LogP contribution in [0.1, 0.15) is 70.0 Å². The fraction of sp³-hybridized carbons (Fsp3) is 0.684. The van der Waals surface area contributed by atoms with Gasteiger partial charge >= 0.3 is 0 Å². The van der Waals surface area contributed by atoms with E-state index in [0.29, 0.717) is 6.04 Å². The quantitative estimate of drug-likeness (QED) is 0.753. The molecule has 1 saturated carbocycles. The van der Waals surface area contributed by atoms with Gasteiger partial charge in [-0.05, 0) is 50.3 Å². The third-order valence-corrected chi connectivity index (χ3v) is 4.73. The van der Waals surface area contributed by atoms with Crippen molar-refractivity contribution >= 4 is 0 Å². The molecule has 0 amide bonds. The molecular weight excluding hydrogens is 258 g/mol. The highest BCUT2D eigenvalue weighted by atomic mass is 16.5. The van der Waals surface area contributed by atoms with E-state index >= 15 is 0 Å². The van der Waals surface area contributed by atoms with Crippen molar-refractivity contribution in [2.24, 2.45) is 0 Å². The standard InChI is InChI=1S/C19H31NO/c1-4-15-20-18(17-11-9-16(5-2)10-12-17)19(21-6-3)13-7-8-14-19/h9-12,18,20H,4-8,13-15H2,1-3H3. The van der Waals surface area contributed by atoms with Crippen LogP contribution in [0.15, 0.2) is 24.3 Å². The van der Waals surface area contributed by atoms with Gasteiger partial charge in [0.2, 0.25) is 0 Å². The summed E-state index contributed by atoms with van der Waals surface area (Å²) in [5.41, 5.74) is 2.79. The molecule has 0 aromatic heterocycles. The molecule has 2 heteroatoms. The van der Waals surface area contributed by atoms with Crippen molar-refractivity contribution < 1.29 is 4.74 Å². The first-order valence-corrected chi connectivity index (χ1v) is 8.72. The number of hydrogen-bond donors (Lipinski definition) is 1. The molecule has 1 fully saturated rings. The summed E-state index contributed by atoms with van der Waals surface area (Å²) in [4.78, 5) is 0. The van der Waals surface area contributed by atoms with Crippen LogP contribution in [0, 0.1) is 0 Å². The van der Waals surface area contributed by atoms with Crippen molar-refractivity contribution in [1.29, 1.82) is 0 Å². The highest BCUT2D eigenvalue weighted by Gasteiger charge is 2.42. The fourth-order valence-corrected chi connectivity index (χ4v) is 3.62. The van der Waals surface area contributed by atoms with Gasteiger partial charge in [-0.25, -0.2) is 0 Å². The van der Waals surface area contributed by atoms with Gasteiger partial charge in [-0.2, -0.15) is 0 Å². The van der Waals surface area contributed by atoms with Crippen LogP contribution in [0.2, 0.25) is 0 Å². The van der Waals surface area contributed by atoms with Crippen LogP contribution >= 0.6 is 0 Å². The zero-order valence-electron chi connectivity index (χ0n) is 14.0. The normalized spacial score (nSPS) is 18.8. The summed E-state index contributed by atoms with van der Waals surface area (Å²) in [7, 11) is 0. The Morgan fingerprint density at radius 1 is 1.10 bits per heavy atom. The van der Waals surface area contributed by atoms with E-state index in [9.17, 15) is 0 Å². The topological polar surface area (TPSA) is 21.3 Å². The monoisotopic (exact) mass is 289 g/mol. The van der Waals surface area contributed by atoms with Gasteiger partial charge in [-0.3, -0.25) is 0 Å². The number of ether oxygens (including phenoxy) is 1. The van der Waals surface area contributed by atoms with Crippen molar-refractivity contribution in [3.63, 3.8) is 0 Å². The van der Waals surface area contributed by atoms with Crippen molar-refractivity contribution in [3.8, 4) is 0 Å². The maximum atomic E-state index is 6.30. The summed E-state index contributed by atoms with van der Waals surface area (Å²) in [6, 6.07) is 9.46. The lowest BCUT2D eigenvalue weighted by Crippen LogP contribution is -2.44. The third-order valence-electron chi connectivity index (χ3n) is 4.73. The van der Waals surface area contributed by atoms with Crippen LogP contribution in [0.3, 0.4) is 0 Å². The molecule has 1 atom stereocenters. The van der Waals surface area contributed by atoms with E-state index in [4.69, 9.17) is 4.74 Å². The number of benzene rings is 1. The van der Waals surface area contributed by atoms with Crippen LogP contribution < -0.4 is 5.32 Å². The lowest BCUT2D eigenvalue weighted by molar-refractivity contribution is -0.0626. The summed E-state index contributed by atoms with van der Waals surface area (Å²) in [6.45, 7) is 8.41. The lowest BCUT2D eigenvalue weighted by Gasteiger charge is -2.38. The average Bonchev–Trinajstić information content (AvgIpc) is 2.98. The van der Waals surface area contributed by atoms with Crippen molar-refractivity contribution in [2.45, 2.75) is 70.9 Å². The van der Waals surface area contributed by atoms with Gasteiger partial charge in [0, 0.05) is 6.61 Å². The van der Waals surface area contributed by atoms with Gasteiger partial charge in [-0.1, -0.05) is 51.0 Å². The summed E-state index contributed by atoms with van der Waals surface area (Å²) in [5.74, 6) is 0. The van der Waals surface area contributed by atoms with Gasteiger partial charge in [0.1, 0.15) is 0 Å². The molecule has 118 valence electrons. The third kappa shape index (κ3) is 3.87. The summed E-state index contributed by atoms with van der Waals surface area (Å²) >= 11 is 0. The molecule has 1 aromatic rings. The van der Waals surface area contributed by atoms with Crippen LogP contribution in [-0.4, -0.2) is 18.8 Å². The highest BCUT2D eigenvalue weighted by molar-refractivity contribution is 5.27. The SMILES string of the molecule is CCCNC(c1ccc(CC)cc1)C1(OCC)CCCC1. The number of nitrogens with one attached hydrogen (secondary N) is 1. The van der Waals surface area contributed by atoms with E-state index in [0.717, 1.165) is 26.0 Å². The van der Waals surface area contributed by atoms with Gasteiger partial charge in [0.05, 0.1) is 11.6 Å². The molecule has 0 bridgehead atoms. The minimum absolute atomic E-state index is 0.00233. The van der Waals surface area contributed by atoms with Crippen molar-refractivity contribution in [2.75, 3.05) is 13.2 Å². The second kappa shape index (κ2) is 7.95. The fourth-order valence-electron chi connectivity index (χ4n) is 3.62. The molecular formula is C19H31NO. The van der Waals surface area contributed by atoms with Crippen molar-refractivity contribution in [1.82, 2.24) is 5.32 Å². The first-order valence-electron chi connectivity index (χ1n) is 8.72. The van der Waals surface area contributed by atoms with E-state index in [1.165, 1.54) is 36.8 Å². The molecule has 1 aliphatic rings. The Morgan fingerprint density at radius 3 is 2.29 bits per heavy atom. The van der Waals surface area contributed by atoms with Crippen LogP contribution in [0.25, 0.3) is 0 Å². The Bertz CT molecular complexity index is 406. The van der Waals surface area contributed by atoms with E-state index in [-0.39, 0.29) is 5.60 Å². The predicted molar refractivity (Wildman–Crippen MR) is 89.7 cm³/mol. The van der Waals surface area contributed by atoms with Crippen LogP contribution in [-0.2, 0) is 11.2 Å². The first-order chi connectivity index (χ1) is 10.3. The lowest BCUT2D eigenvalue weighted by atomic mass is 9.86. The Morgan fingerprint density at radius 2 is 1.76 bits per heavy atom. The molecule has 2 rings (SSSR count).